The maximum Gasteiger partial charge on any atom is 0.269 e. The Hall–Kier alpha value is -1.26. The Morgan fingerprint density at radius 2 is 2.05 bits per heavy atom. The third-order valence-electron chi connectivity index (χ3n) is 2.79. The Kier molecular flexibility index (Phi) is 4.32. The Morgan fingerprint density at radius 3 is 2.68 bits per heavy atom. The summed E-state index contributed by atoms with van der Waals surface area (Å²) in [5.74, 6) is 0.789. The predicted molar refractivity (Wildman–Crippen MR) is 81.0 cm³/mol. The van der Waals surface area contributed by atoms with Crippen molar-refractivity contribution < 1.29 is 4.74 Å². The van der Waals surface area contributed by atoms with Gasteiger partial charge in [0.1, 0.15) is 10.8 Å². The largest absolute Gasteiger partial charge is 0.494 e. The van der Waals surface area contributed by atoms with E-state index in [0.29, 0.717) is 6.61 Å². The molecule has 0 aliphatic heterocycles. The first-order valence-electron chi connectivity index (χ1n) is 5.83. The summed E-state index contributed by atoms with van der Waals surface area (Å²) in [4.78, 5) is 11.8. The molecule has 0 saturated carbocycles. The smallest absolute Gasteiger partial charge is 0.269 e. The van der Waals surface area contributed by atoms with Crippen LogP contribution in [0.4, 0.5) is 0 Å². The van der Waals surface area contributed by atoms with Crippen molar-refractivity contribution in [3.63, 3.8) is 0 Å². The molecule has 0 unspecified atom stereocenters. The van der Waals surface area contributed by atoms with Crippen molar-refractivity contribution in [2.24, 2.45) is 7.05 Å². The van der Waals surface area contributed by atoms with Gasteiger partial charge in [-0.05, 0) is 53.2 Å². The normalized spacial score (nSPS) is 10.5. The first-order valence-corrected chi connectivity index (χ1v) is 7.00. The average Bonchev–Trinajstić information content (AvgIpc) is 2.38. The molecule has 0 saturated heterocycles. The molecule has 0 spiro atoms. The fraction of sp³-hybridized carbons (Fsp3) is 0.214. The quantitative estimate of drug-likeness (QED) is 0.848. The molecule has 0 amide bonds. The van der Waals surface area contributed by atoms with Crippen molar-refractivity contribution in [2.75, 3.05) is 6.61 Å². The highest BCUT2D eigenvalue weighted by atomic mass is 79.9. The minimum absolute atomic E-state index is 0.208. The van der Waals surface area contributed by atoms with Crippen LogP contribution in [0.15, 0.2) is 39.6 Å². The van der Waals surface area contributed by atoms with Gasteiger partial charge in [-0.3, -0.25) is 4.79 Å². The molecular formula is C14H13BrClNO2. The lowest BCUT2D eigenvalue weighted by Gasteiger charge is -2.12. The Labute approximate surface area is 124 Å². The molecule has 2 aromatic rings. The minimum atomic E-state index is -0.208. The number of nitrogens with zero attached hydrogens (tertiary/aromatic N) is 1. The Bertz CT molecular complexity index is 667. The zero-order chi connectivity index (χ0) is 14.0. The zero-order valence-corrected chi connectivity index (χ0v) is 13.0. The maximum atomic E-state index is 11.8. The second-order valence-corrected chi connectivity index (χ2v) is 5.27. The summed E-state index contributed by atoms with van der Waals surface area (Å²) in [6, 6.07) is 9.12. The highest BCUT2D eigenvalue weighted by Crippen LogP contribution is 2.31. The summed E-state index contributed by atoms with van der Waals surface area (Å²) < 4.78 is 7.83. The van der Waals surface area contributed by atoms with Gasteiger partial charge in [0, 0.05) is 17.1 Å². The third kappa shape index (κ3) is 2.85. The molecular weight excluding hydrogens is 330 g/mol. The van der Waals surface area contributed by atoms with E-state index < -0.39 is 0 Å². The van der Waals surface area contributed by atoms with Gasteiger partial charge in [-0.15, -0.1) is 0 Å². The van der Waals surface area contributed by atoms with Crippen LogP contribution < -0.4 is 10.3 Å². The maximum absolute atomic E-state index is 11.8. The lowest BCUT2D eigenvalue weighted by molar-refractivity contribution is 0.340. The molecule has 5 heteroatoms. The number of benzene rings is 1. The molecule has 3 nitrogen and oxygen atoms in total. The molecule has 100 valence electrons. The van der Waals surface area contributed by atoms with Crippen LogP contribution in [0, 0.1) is 0 Å². The SMILES string of the molecule is CCOc1ccc(-c2ccc(Cl)c(=O)n2C)c(Br)c1. The van der Waals surface area contributed by atoms with Gasteiger partial charge in [-0.2, -0.15) is 0 Å². The highest BCUT2D eigenvalue weighted by molar-refractivity contribution is 9.10. The fourth-order valence-electron chi connectivity index (χ4n) is 1.84. The van der Waals surface area contributed by atoms with Crippen LogP contribution in [-0.2, 0) is 7.05 Å². The molecule has 0 N–H and O–H groups in total. The topological polar surface area (TPSA) is 31.2 Å². The molecule has 0 bridgehead atoms. The molecule has 1 heterocycles. The van der Waals surface area contributed by atoms with Gasteiger partial charge in [0.2, 0.25) is 0 Å². The van der Waals surface area contributed by atoms with Crippen molar-refractivity contribution in [3.05, 3.63) is 50.2 Å². The zero-order valence-electron chi connectivity index (χ0n) is 10.6. The first-order chi connectivity index (χ1) is 9.04. The summed E-state index contributed by atoms with van der Waals surface area (Å²) in [6.07, 6.45) is 0. The van der Waals surface area contributed by atoms with E-state index in [-0.39, 0.29) is 10.6 Å². The Morgan fingerprint density at radius 1 is 1.32 bits per heavy atom. The van der Waals surface area contributed by atoms with Gasteiger partial charge in [0.25, 0.3) is 5.56 Å². The van der Waals surface area contributed by atoms with Gasteiger partial charge in [-0.1, -0.05) is 11.6 Å². The lowest BCUT2D eigenvalue weighted by Crippen LogP contribution is -2.18. The van der Waals surface area contributed by atoms with Crippen molar-refractivity contribution in [1.82, 2.24) is 4.57 Å². The molecule has 0 atom stereocenters. The first kappa shape index (κ1) is 14.2. The van der Waals surface area contributed by atoms with Crippen molar-refractivity contribution in [3.8, 4) is 17.0 Å². The molecule has 2 rings (SSSR count). The molecule has 0 aliphatic carbocycles. The van der Waals surface area contributed by atoms with Crippen LogP contribution in [0.5, 0.6) is 5.75 Å². The van der Waals surface area contributed by atoms with Gasteiger partial charge in [0.15, 0.2) is 0 Å². The third-order valence-corrected chi connectivity index (χ3v) is 3.73. The van der Waals surface area contributed by atoms with Crippen molar-refractivity contribution in [2.45, 2.75) is 6.92 Å². The van der Waals surface area contributed by atoms with Gasteiger partial charge >= 0.3 is 0 Å². The van der Waals surface area contributed by atoms with E-state index in [1.54, 1.807) is 13.1 Å². The van der Waals surface area contributed by atoms with Gasteiger partial charge in [-0.25, -0.2) is 0 Å². The molecule has 19 heavy (non-hydrogen) atoms. The summed E-state index contributed by atoms with van der Waals surface area (Å²) in [7, 11) is 1.70. The number of rotatable bonds is 3. The van der Waals surface area contributed by atoms with E-state index in [4.69, 9.17) is 16.3 Å². The van der Waals surface area contributed by atoms with E-state index in [2.05, 4.69) is 15.9 Å². The van der Waals surface area contributed by atoms with E-state index in [0.717, 1.165) is 21.5 Å². The molecule has 0 radical (unpaired) electrons. The standard InChI is InChI=1S/C14H13BrClNO2/c1-3-19-9-4-5-10(11(15)8-9)13-7-6-12(16)14(18)17(13)2/h4-8H,3H2,1-2H3. The minimum Gasteiger partial charge on any atom is -0.494 e. The summed E-state index contributed by atoms with van der Waals surface area (Å²) in [6.45, 7) is 2.55. The second-order valence-electron chi connectivity index (χ2n) is 4.01. The van der Waals surface area contributed by atoms with Crippen LogP contribution in [0.2, 0.25) is 5.02 Å². The van der Waals surface area contributed by atoms with E-state index in [9.17, 15) is 4.79 Å². The summed E-state index contributed by atoms with van der Waals surface area (Å²) in [5.41, 5.74) is 1.50. The number of hydrogen-bond donors (Lipinski definition) is 0. The molecule has 0 fully saturated rings. The van der Waals surface area contributed by atoms with Crippen LogP contribution in [0.1, 0.15) is 6.92 Å². The monoisotopic (exact) mass is 341 g/mol. The van der Waals surface area contributed by atoms with Gasteiger partial charge in [0.05, 0.1) is 12.3 Å². The number of ether oxygens (including phenoxy) is 1. The van der Waals surface area contributed by atoms with E-state index in [1.165, 1.54) is 4.57 Å². The predicted octanol–water partition coefficient (Wildman–Crippen LogP) is 3.87. The van der Waals surface area contributed by atoms with Crippen molar-refractivity contribution in [1.29, 1.82) is 0 Å². The fourth-order valence-corrected chi connectivity index (χ4v) is 2.59. The molecule has 1 aromatic carbocycles. The van der Waals surface area contributed by atoms with Crippen LogP contribution >= 0.6 is 27.5 Å². The van der Waals surface area contributed by atoms with Crippen LogP contribution in [-0.4, -0.2) is 11.2 Å². The molecule has 0 aliphatic rings. The Balaban J connectivity index is 2.54. The number of aromatic nitrogens is 1. The van der Waals surface area contributed by atoms with Crippen LogP contribution in [0.25, 0.3) is 11.3 Å². The van der Waals surface area contributed by atoms with E-state index in [1.807, 2.05) is 31.2 Å². The lowest BCUT2D eigenvalue weighted by atomic mass is 10.1. The summed E-state index contributed by atoms with van der Waals surface area (Å²) in [5, 5.41) is 0.216. The highest BCUT2D eigenvalue weighted by Gasteiger charge is 2.10. The van der Waals surface area contributed by atoms with Gasteiger partial charge < -0.3 is 9.30 Å². The second kappa shape index (κ2) is 5.80. The number of pyridine rings is 1. The molecule has 1 aromatic heterocycles. The average molecular weight is 343 g/mol. The number of halogens is 2. The summed E-state index contributed by atoms with van der Waals surface area (Å²) >= 11 is 9.32. The van der Waals surface area contributed by atoms with Crippen LogP contribution in [0.3, 0.4) is 0 Å². The number of hydrogen-bond acceptors (Lipinski definition) is 2. The van der Waals surface area contributed by atoms with Crippen molar-refractivity contribution >= 4 is 27.5 Å². The van der Waals surface area contributed by atoms with E-state index >= 15 is 0 Å².